The van der Waals surface area contributed by atoms with Crippen LogP contribution in [0.15, 0.2) is 60.9 Å². The molecule has 6 nitrogen and oxygen atoms in total. The summed E-state index contributed by atoms with van der Waals surface area (Å²) in [5.41, 5.74) is 5.04. The second-order valence-corrected chi connectivity index (χ2v) is 7.92. The van der Waals surface area contributed by atoms with Crippen LogP contribution in [0.1, 0.15) is 47.9 Å². The third-order valence-corrected chi connectivity index (χ3v) is 5.68. The Morgan fingerprint density at radius 3 is 2.75 bits per heavy atom. The number of ether oxygens (including phenoxy) is 2. The molecule has 32 heavy (non-hydrogen) atoms. The Kier molecular flexibility index (Phi) is 7.33. The van der Waals surface area contributed by atoms with Gasteiger partial charge in [0.2, 0.25) is 5.95 Å². The van der Waals surface area contributed by atoms with Gasteiger partial charge in [0.15, 0.2) is 0 Å². The molecule has 1 N–H and O–H groups in total. The van der Waals surface area contributed by atoms with Crippen LogP contribution in [0.5, 0.6) is 5.75 Å². The molecule has 0 amide bonds. The Labute approximate surface area is 189 Å². The fourth-order valence-electron chi connectivity index (χ4n) is 4.19. The SMILES string of the molecule is CCOC(=O)CC1Cc2ccc(OCCCNc3ncccn3)cc2Cc2ccccc21. The lowest BCUT2D eigenvalue weighted by Gasteiger charge is -2.17. The maximum Gasteiger partial charge on any atom is 0.306 e. The average Bonchev–Trinajstić information content (AvgIpc) is 2.96. The number of esters is 1. The van der Waals surface area contributed by atoms with E-state index in [1.165, 1.54) is 22.3 Å². The molecule has 0 spiro atoms. The first-order chi connectivity index (χ1) is 15.7. The van der Waals surface area contributed by atoms with Crippen LogP contribution in [0, 0.1) is 0 Å². The zero-order valence-corrected chi connectivity index (χ0v) is 18.4. The van der Waals surface area contributed by atoms with E-state index in [-0.39, 0.29) is 11.9 Å². The Balaban J connectivity index is 1.40. The first-order valence-corrected chi connectivity index (χ1v) is 11.2. The molecule has 3 aromatic rings. The van der Waals surface area contributed by atoms with Crippen LogP contribution in [0.2, 0.25) is 0 Å². The summed E-state index contributed by atoms with van der Waals surface area (Å²) < 4.78 is 11.2. The second-order valence-electron chi connectivity index (χ2n) is 7.92. The molecule has 1 heterocycles. The number of anilines is 1. The Morgan fingerprint density at radius 1 is 1.06 bits per heavy atom. The van der Waals surface area contributed by atoms with Gasteiger partial charge in [-0.1, -0.05) is 30.3 Å². The van der Waals surface area contributed by atoms with E-state index < -0.39 is 0 Å². The van der Waals surface area contributed by atoms with E-state index in [1.807, 2.05) is 13.0 Å². The van der Waals surface area contributed by atoms with Gasteiger partial charge >= 0.3 is 5.97 Å². The van der Waals surface area contributed by atoms with Crippen LogP contribution in [0.4, 0.5) is 5.95 Å². The molecular formula is C26H29N3O3. The van der Waals surface area contributed by atoms with Gasteiger partial charge in [-0.3, -0.25) is 4.79 Å². The van der Waals surface area contributed by atoms with E-state index in [0.717, 1.165) is 31.6 Å². The van der Waals surface area contributed by atoms with Crippen molar-refractivity contribution in [1.82, 2.24) is 9.97 Å². The summed E-state index contributed by atoms with van der Waals surface area (Å²) in [6.45, 7) is 3.62. The first-order valence-electron chi connectivity index (χ1n) is 11.2. The lowest BCUT2D eigenvalue weighted by molar-refractivity contribution is -0.143. The van der Waals surface area contributed by atoms with E-state index >= 15 is 0 Å². The van der Waals surface area contributed by atoms with Crippen molar-refractivity contribution in [3.05, 3.63) is 83.2 Å². The lowest BCUT2D eigenvalue weighted by Crippen LogP contribution is -2.13. The number of hydrogen-bond donors (Lipinski definition) is 1. The van der Waals surface area contributed by atoms with Crippen molar-refractivity contribution in [3.63, 3.8) is 0 Å². The highest BCUT2D eigenvalue weighted by molar-refractivity contribution is 5.71. The highest BCUT2D eigenvalue weighted by atomic mass is 16.5. The van der Waals surface area contributed by atoms with Crippen LogP contribution in [-0.2, 0) is 22.4 Å². The molecule has 0 bridgehead atoms. The molecule has 0 saturated carbocycles. The lowest BCUT2D eigenvalue weighted by atomic mass is 9.89. The molecule has 0 aliphatic heterocycles. The minimum absolute atomic E-state index is 0.129. The molecular weight excluding hydrogens is 402 g/mol. The van der Waals surface area contributed by atoms with Gasteiger partial charge in [0, 0.05) is 18.9 Å². The van der Waals surface area contributed by atoms with Gasteiger partial charge < -0.3 is 14.8 Å². The number of carbonyl (C=O) groups excluding carboxylic acids is 1. The van der Waals surface area contributed by atoms with Crippen LogP contribution in [0.3, 0.4) is 0 Å². The molecule has 1 aromatic heterocycles. The monoisotopic (exact) mass is 431 g/mol. The van der Waals surface area contributed by atoms with E-state index in [2.05, 4.69) is 51.7 Å². The minimum Gasteiger partial charge on any atom is -0.494 e. The molecule has 1 aliphatic carbocycles. The van der Waals surface area contributed by atoms with Crippen molar-refractivity contribution in [2.75, 3.05) is 25.1 Å². The van der Waals surface area contributed by atoms with E-state index in [0.29, 0.717) is 25.6 Å². The van der Waals surface area contributed by atoms with Crippen molar-refractivity contribution in [2.24, 2.45) is 0 Å². The highest BCUT2D eigenvalue weighted by Gasteiger charge is 2.24. The summed E-state index contributed by atoms with van der Waals surface area (Å²) >= 11 is 0. The number of carbonyl (C=O) groups is 1. The number of benzene rings is 2. The van der Waals surface area contributed by atoms with Crippen molar-refractivity contribution in [2.45, 2.75) is 38.5 Å². The van der Waals surface area contributed by atoms with Gasteiger partial charge in [0.1, 0.15) is 5.75 Å². The Bertz CT molecular complexity index is 1040. The zero-order chi connectivity index (χ0) is 22.2. The van der Waals surface area contributed by atoms with Gasteiger partial charge in [-0.05, 0) is 72.6 Å². The fourth-order valence-corrected chi connectivity index (χ4v) is 4.19. The molecule has 166 valence electrons. The Morgan fingerprint density at radius 2 is 1.91 bits per heavy atom. The molecule has 1 atom stereocenters. The zero-order valence-electron chi connectivity index (χ0n) is 18.4. The van der Waals surface area contributed by atoms with Gasteiger partial charge in [0.05, 0.1) is 19.6 Å². The summed E-state index contributed by atoms with van der Waals surface area (Å²) in [6, 6.07) is 16.5. The number of nitrogens with zero attached hydrogens (tertiary/aromatic N) is 2. The maximum absolute atomic E-state index is 12.2. The van der Waals surface area contributed by atoms with Gasteiger partial charge in [-0.2, -0.15) is 0 Å². The largest absolute Gasteiger partial charge is 0.494 e. The van der Waals surface area contributed by atoms with E-state index in [4.69, 9.17) is 9.47 Å². The predicted octanol–water partition coefficient (Wildman–Crippen LogP) is 4.54. The fraction of sp³-hybridized carbons (Fsp3) is 0.346. The minimum atomic E-state index is -0.134. The van der Waals surface area contributed by atoms with Gasteiger partial charge in [0.25, 0.3) is 0 Å². The van der Waals surface area contributed by atoms with Crippen LogP contribution in [0.25, 0.3) is 0 Å². The Hall–Kier alpha value is -3.41. The molecule has 0 radical (unpaired) electrons. The number of aromatic nitrogens is 2. The summed E-state index contributed by atoms with van der Waals surface area (Å²) in [5, 5.41) is 3.19. The van der Waals surface area contributed by atoms with Gasteiger partial charge in [-0.15, -0.1) is 0 Å². The number of fused-ring (bicyclic) bond motifs is 2. The third kappa shape index (κ3) is 5.63. The molecule has 0 saturated heterocycles. The summed E-state index contributed by atoms with van der Waals surface area (Å²) in [6.07, 6.45) is 6.36. The smallest absolute Gasteiger partial charge is 0.306 e. The van der Waals surface area contributed by atoms with E-state index in [1.54, 1.807) is 18.5 Å². The molecule has 2 aromatic carbocycles. The number of nitrogens with one attached hydrogen (secondary N) is 1. The topological polar surface area (TPSA) is 73.3 Å². The third-order valence-electron chi connectivity index (χ3n) is 5.68. The van der Waals surface area contributed by atoms with Crippen LogP contribution >= 0.6 is 0 Å². The van der Waals surface area contributed by atoms with Crippen molar-refractivity contribution in [3.8, 4) is 5.75 Å². The molecule has 4 rings (SSSR count). The summed E-state index contributed by atoms with van der Waals surface area (Å²) in [4.78, 5) is 20.5. The van der Waals surface area contributed by atoms with Crippen molar-refractivity contribution in [1.29, 1.82) is 0 Å². The number of rotatable bonds is 9. The molecule has 0 fully saturated rings. The van der Waals surface area contributed by atoms with E-state index in [9.17, 15) is 4.79 Å². The molecule has 1 unspecified atom stereocenters. The maximum atomic E-state index is 12.2. The van der Waals surface area contributed by atoms with Gasteiger partial charge in [-0.25, -0.2) is 9.97 Å². The summed E-state index contributed by atoms with van der Waals surface area (Å²) in [7, 11) is 0. The highest BCUT2D eigenvalue weighted by Crippen LogP contribution is 2.35. The standard InChI is InChI=1S/C26H29N3O3/c1-2-31-25(30)18-22-15-19-9-10-23(17-21(19)16-20-7-3-4-8-24(20)22)32-14-6-13-29-26-27-11-5-12-28-26/h3-5,7-12,17,22H,2,6,13-16,18H2,1H3,(H,27,28,29). The molecule has 6 heteroatoms. The van der Waals surface area contributed by atoms with Crippen LogP contribution < -0.4 is 10.1 Å². The van der Waals surface area contributed by atoms with Crippen LogP contribution in [-0.4, -0.2) is 35.7 Å². The molecule has 1 aliphatic rings. The number of hydrogen-bond acceptors (Lipinski definition) is 6. The van der Waals surface area contributed by atoms with Crippen molar-refractivity contribution < 1.29 is 14.3 Å². The first kappa shape index (κ1) is 21.8. The second kappa shape index (κ2) is 10.8. The quantitative estimate of drug-likeness (QED) is 0.396. The summed E-state index contributed by atoms with van der Waals surface area (Å²) in [5.74, 6) is 1.50. The predicted molar refractivity (Wildman–Crippen MR) is 124 cm³/mol. The van der Waals surface area contributed by atoms with Crippen molar-refractivity contribution >= 4 is 11.9 Å². The average molecular weight is 432 g/mol. The normalized spacial score (nSPS) is 14.6.